The molecule has 4 nitrogen and oxygen atoms in total. The zero-order valence-corrected chi connectivity index (χ0v) is 10.0. The van der Waals surface area contributed by atoms with Crippen LogP contribution < -0.4 is 10.8 Å². The van der Waals surface area contributed by atoms with Crippen LogP contribution in [0.4, 0.5) is 10.5 Å². The van der Waals surface area contributed by atoms with Gasteiger partial charge in [0.15, 0.2) is 0 Å². The number of hydrogen-bond acceptors (Lipinski definition) is 2. The van der Waals surface area contributed by atoms with Crippen LogP contribution in [0.2, 0.25) is 0 Å². The molecule has 0 spiro atoms. The molecule has 1 saturated carbocycles. The van der Waals surface area contributed by atoms with Crippen molar-refractivity contribution in [3.63, 3.8) is 0 Å². The minimum absolute atomic E-state index is 0.179. The van der Waals surface area contributed by atoms with Gasteiger partial charge in [-0.25, -0.2) is 10.3 Å². The first-order chi connectivity index (χ1) is 8.24. The van der Waals surface area contributed by atoms with E-state index in [0.29, 0.717) is 0 Å². The number of aryl methyl sites for hydroxylation is 1. The summed E-state index contributed by atoms with van der Waals surface area (Å²) in [6.45, 7) is 1.98. The fourth-order valence-electron chi connectivity index (χ4n) is 2.02. The van der Waals surface area contributed by atoms with E-state index in [4.69, 9.17) is 4.84 Å². The molecule has 1 fully saturated rings. The maximum Gasteiger partial charge on any atom is 0.343 e. The Morgan fingerprint density at radius 3 is 2.82 bits per heavy atom. The Bertz CT molecular complexity index is 387. The van der Waals surface area contributed by atoms with Crippen LogP contribution in [0.3, 0.4) is 0 Å². The number of hydroxylamine groups is 1. The minimum Gasteiger partial charge on any atom is -0.306 e. The van der Waals surface area contributed by atoms with Gasteiger partial charge in [0.25, 0.3) is 0 Å². The Kier molecular flexibility index (Phi) is 3.98. The van der Waals surface area contributed by atoms with E-state index >= 15 is 0 Å². The predicted molar refractivity (Wildman–Crippen MR) is 66.7 cm³/mol. The van der Waals surface area contributed by atoms with Crippen molar-refractivity contribution in [2.45, 2.75) is 38.7 Å². The largest absolute Gasteiger partial charge is 0.343 e. The maximum absolute atomic E-state index is 11.5. The van der Waals surface area contributed by atoms with E-state index in [9.17, 15) is 4.79 Å². The molecule has 0 radical (unpaired) electrons. The van der Waals surface area contributed by atoms with Gasteiger partial charge in [-0.05, 0) is 37.5 Å². The highest BCUT2D eigenvalue weighted by Crippen LogP contribution is 2.19. The van der Waals surface area contributed by atoms with Crippen molar-refractivity contribution in [3.05, 3.63) is 29.8 Å². The lowest BCUT2D eigenvalue weighted by atomic mass is 10.2. The number of carbonyl (C=O) groups is 1. The highest BCUT2D eigenvalue weighted by molar-refractivity contribution is 5.88. The number of benzene rings is 1. The quantitative estimate of drug-likeness (QED) is 0.790. The molecule has 1 aliphatic rings. The van der Waals surface area contributed by atoms with Crippen LogP contribution in [0.25, 0.3) is 0 Å². The van der Waals surface area contributed by atoms with E-state index in [1.54, 1.807) is 0 Å². The van der Waals surface area contributed by atoms with E-state index < -0.39 is 0 Å². The molecule has 4 heteroatoms. The van der Waals surface area contributed by atoms with Crippen LogP contribution in [-0.4, -0.2) is 12.1 Å². The first-order valence-electron chi connectivity index (χ1n) is 6.03. The van der Waals surface area contributed by atoms with Gasteiger partial charge in [0.05, 0.1) is 6.10 Å². The third-order valence-electron chi connectivity index (χ3n) is 2.90. The van der Waals surface area contributed by atoms with Gasteiger partial charge in [-0.1, -0.05) is 25.0 Å². The second kappa shape index (κ2) is 5.68. The van der Waals surface area contributed by atoms with Gasteiger partial charge in [-0.3, -0.25) is 4.84 Å². The zero-order chi connectivity index (χ0) is 12.1. The number of carbonyl (C=O) groups excluding carboxylic acids is 1. The Balaban J connectivity index is 1.76. The average Bonchev–Trinajstić information content (AvgIpc) is 2.79. The first-order valence-corrected chi connectivity index (χ1v) is 6.03. The van der Waals surface area contributed by atoms with Gasteiger partial charge < -0.3 is 5.32 Å². The van der Waals surface area contributed by atoms with Crippen LogP contribution in [0.15, 0.2) is 24.3 Å². The molecule has 0 aromatic heterocycles. The van der Waals surface area contributed by atoms with Gasteiger partial charge in [-0.15, -0.1) is 0 Å². The summed E-state index contributed by atoms with van der Waals surface area (Å²) >= 11 is 0. The third-order valence-corrected chi connectivity index (χ3v) is 2.90. The molecule has 17 heavy (non-hydrogen) atoms. The van der Waals surface area contributed by atoms with Crippen LogP contribution in [0, 0.1) is 6.92 Å². The molecule has 0 bridgehead atoms. The van der Waals surface area contributed by atoms with Crippen molar-refractivity contribution < 1.29 is 9.63 Å². The highest BCUT2D eigenvalue weighted by Gasteiger charge is 2.16. The summed E-state index contributed by atoms with van der Waals surface area (Å²) in [6.07, 6.45) is 4.62. The summed E-state index contributed by atoms with van der Waals surface area (Å²) in [7, 11) is 0. The van der Waals surface area contributed by atoms with Crippen LogP contribution in [0.1, 0.15) is 31.2 Å². The molecule has 0 unspecified atom stereocenters. The molecule has 92 valence electrons. The Morgan fingerprint density at radius 1 is 1.35 bits per heavy atom. The predicted octanol–water partition coefficient (Wildman–Crippen LogP) is 2.99. The average molecular weight is 234 g/mol. The van der Waals surface area contributed by atoms with E-state index in [2.05, 4.69) is 10.8 Å². The lowest BCUT2D eigenvalue weighted by Crippen LogP contribution is -2.32. The second-order valence-electron chi connectivity index (χ2n) is 4.45. The molecule has 1 aromatic rings. The standard InChI is InChI=1S/C13H18N2O2/c1-10-5-4-6-11(9-10)14-13(16)15-17-12-7-2-3-8-12/h4-6,9,12H,2-3,7-8H2,1H3,(H2,14,15,16). The second-order valence-corrected chi connectivity index (χ2v) is 4.45. The molecule has 1 aliphatic carbocycles. The van der Waals surface area contributed by atoms with Crippen LogP contribution in [0.5, 0.6) is 0 Å². The van der Waals surface area contributed by atoms with E-state index in [1.807, 2.05) is 31.2 Å². The Labute approximate surface area is 101 Å². The maximum atomic E-state index is 11.5. The van der Waals surface area contributed by atoms with Gasteiger partial charge in [-0.2, -0.15) is 0 Å². The number of rotatable bonds is 3. The number of urea groups is 1. The fraction of sp³-hybridized carbons (Fsp3) is 0.462. The van der Waals surface area contributed by atoms with Gasteiger partial charge >= 0.3 is 6.03 Å². The first kappa shape index (κ1) is 11.9. The van der Waals surface area contributed by atoms with Gasteiger partial charge in [0.1, 0.15) is 0 Å². The molecule has 1 aromatic carbocycles. The molecule has 2 rings (SSSR count). The highest BCUT2D eigenvalue weighted by atomic mass is 16.7. The van der Waals surface area contributed by atoms with Crippen LogP contribution in [-0.2, 0) is 4.84 Å². The Morgan fingerprint density at radius 2 is 2.12 bits per heavy atom. The molecule has 2 N–H and O–H groups in total. The van der Waals surface area contributed by atoms with E-state index in [1.165, 1.54) is 12.8 Å². The summed E-state index contributed by atoms with van der Waals surface area (Å²) in [5.74, 6) is 0. The van der Waals surface area contributed by atoms with Crippen molar-refractivity contribution in [1.29, 1.82) is 0 Å². The van der Waals surface area contributed by atoms with Gasteiger partial charge in [0.2, 0.25) is 0 Å². The lowest BCUT2D eigenvalue weighted by molar-refractivity contribution is 0.00336. The third kappa shape index (κ3) is 3.75. The van der Waals surface area contributed by atoms with E-state index in [-0.39, 0.29) is 12.1 Å². The molecule has 0 saturated heterocycles. The van der Waals surface area contributed by atoms with Crippen molar-refractivity contribution in [3.8, 4) is 0 Å². The summed E-state index contributed by atoms with van der Waals surface area (Å²) in [5.41, 5.74) is 4.33. The summed E-state index contributed by atoms with van der Waals surface area (Å²) in [6, 6.07) is 7.33. The van der Waals surface area contributed by atoms with Crippen molar-refractivity contribution in [2.75, 3.05) is 5.32 Å². The lowest BCUT2D eigenvalue weighted by Gasteiger charge is -2.12. The molecule has 0 atom stereocenters. The number of hydrogen-bond donors (Lipinski definition) is 2. The molecular formula is C13H18N2O2. The molecule has 2 amide bonds. The minimum atomic E-state index is -0.317. The van der Waals surface area contributed by atoms with Crippen molar-refractivity contribution in [2.24, 2.45) is 0 Å². The number of amides is 2. The topological polar surface area (TPSA) is 50.4 Å². The molecule has 0 aliphatic heterocycles. The number of nitrogens with one attached hydrogen (secondary N) is 2. The summed E-state index contributed by atoms with van der Waals surface area (Å²) in [5, 5.41) is 2.73. The summed E-state index contributed by atoms with van der Waals surface area (Å²) < 4.78 is 0. The smallest absolute Gasteiger partial charge is 0.306 e. The zero-order valence-electron chi connectivity index (χ0n) is 10.0. The Hall–Kier alpha value is -1.55. The normalized spacial score (nSPS) is 15.8. The SMILES string of the molecule is Cc1cccc(NC(=O)NOC2CCCC2)c1. The van der Waals surface area contributed by atoms with Crippen molar-refractivity contribution in [1.82, 2.24) is 5.48 Å². The monoisotopic (exact) mass is 234 g/mol. The van der Waals surface area contributed by atoms with Crippen molar-refractivity contribution >= 4 is 11.7 Å². The number of anilines is 1. The molecular weight excluding hydrogens is 216 g/mol. The van der Waals surface area contributed by atoms with Gasteiger partial charge in [0, 0.05) is 5.69 Å². The van der Waals surface area contributed by atoms with Crippen LogP contribution >= 0.6 is 0 Å². The van der Waals surface area contributed by atoms with E-state index in [0.717, 1.165) is 24.1 Å². The molecule has 0 heterocycles. The fourth-order valence-corrected chi connectivity index (χ4v) is 2.02. The summed E-state index contributed by atoms with van der Waals surface area (Å²) in [4.78, 5) is 16.8.